The molecule has 0 aliphatic carbocycles. The summed E-state index contributed by atoms with van der Waals surface area (Å²) in [6.07, 6.45) is 0.483. The van der Waals surface area contributed by atoms with Crippen LogP contribution in [0.2, 0.25) is 0 Å². The van der Waals surface area contributed by atoms with Crippen LogP contribution in [0.3, 0.4) is 0 Å². The lowest BCUT2D eigenvalue weighted by atomic mass is 9.90. The summed E-state index contributed by atoms with van der Waals surface area (Å²) in [7, 11) is 0. The molecule has 3 rings (SSSR count). The van der Waals surface area contributed by atoms with Gasteiger partial charge in [-0.05, 0) is 38.0 Å². The molecule has 1 aromatic carbocycles. The normalized spacial score (nSPS) is 22.3. The Hall–Kier alpha value is -2.15. The van der Waals surface area contributed by atoms with Gasteiger partial charge in [0.25, 0.3) is 0 Å². The number of aromatic nitrogens is 1. The molecular formula is C16H19N3O3S. The van der Waals surface area contributed by atoms with E-state index in [2.05, 4.69) is 10.3 Å². The number of thiazole rings is 1. The lowest BCUT2D eigenvalue weighted by Crippen LogP contribution is -2.41. The molecule has 2 N–H and O–H groups in total. The number of aliphatic carboxylic acids is 1. The smallest absolute Gasteiger partial charge is 0.317 e. The van der Waals surface area contributed by atoms with Gasteiger partial charge in [-0.15, -0.1) is 11.3 Å². The topological polar surface area (TPSA) is 82.5 Å². The van der Waals surface area contributed by atoms with Crippen LogP contribution in [0.15, 0.2) is 23.7 Å². The minimum absolute atomic E-state index is 0.148. The standard InChI is InChI=1S/C16H19N3O3S/c1-10(11-3-4-12-13(7-11)23-9-17-12)18-15(22)19-6-5-16(2,8-19)14(20)21/h3-4,7,9-10H,5-6,8H2,1-2H3,(H,18,22)(H,20,21). The van der Waals surface area contributed by atoms with Crippen LogP contribution >= 0.6 is 11.3 Å². The molecule has 1 aliphatic heterocycles. The molecule has 0 saturated carbocycles. The molecule has 0 radical (unpaired) electrons. The van der Waals surface area contributed by atoms with Crippen LogP contribution in [0.25, 0.3) is 10.2 Å². The Balaban J connectivity index is 1.66. The first-order valence-electron chi connectivity index (χ1n) is 7.51. The number of carbonyl (C=O) groups excluding carboxylic acids is 1. The Morgan fingerprint density at radius 1 is 1.48 bits per heavy atom. The summed E-state index contributed by atoms with van der Waals surface area (Å²) in [5, 5.41) is 12.2. The van der Waals surface area contributed by atoms with E-state index in [0.29, 0.717) is 13.0 Å². The van der Waals surface area contributed by atoms with Crippen molar-refractivity contribution in [3.63, 3.8) is 0 Å². The number of nitrogens with zero attached hydrogens (tertiary/aromatic N) is 2. The molecule has 7 heteroatoms. The molecular weight excluding hydrogens is 314 g/mol. The number of hydrogen-bond acceptors (Lipinski definition) is 4. The Kier molecular flexibility index (Phi) is 3.97. The van der Waals surface area contributed by atoms with Crippen molar-refractivity contribution < 1.29 is 14.7 Å². The highest BCUT2D eigenvalue weighted by atomic mass is 32.1. The van der Waals surface area contributed by atoms with Crippen LogP contribution in [-0.4, -0.2) is 40.1 Å². The molecule has 0 spiro atoms. The summed E-state index contributed by atoms with van der Waals surface area (Å²) in [5.41, 5.74) is 2.92. The number of nitrogens with one attached hydrogen (secondary N) is 1. The molecule has 23 heavy (non-hydrogen) atoms. The highest BCUT2D eigenvalue weighted by Gasteiger charge is 2.42. The van der Waals surface area contributed by atoms with E-state index in [1.165, 1.54) is 0 Å². The molecule has 1 aliphatic rings. The van der Waals surface area contributed by atoms with Crippen molar-refractivity contribution in [2.75, 3.05) is 13.1 Å². The van der Waals surface area contributed by atoms with E-state index in [4.69, 9.17) is 0 Å². The third-order valence-corrected chi connectivity index (χ3v) is 5.26. The molecule has 2 atom stereocenters. The zero-order chi connectivity index (χ0) is 16.6. The second kappa shape index (κ2) is 5.81. The van der Waals surface area contributed by atoms with E-state index >= 15 is 0 Å². The lowest BCUT2D eigenvalue weighted by Gasteiger charge is -2.23. The van der Waals surface area contributed by atoms with Gasteiger partial charge in [0.05, 0.1) is 27.2 Å². The minimum atomic E-state index is -0.850. The fraction of sp³-hybridized carbons (Fsp3) is 0.438. The number of carbonyl (C=O) groups is 2. The van der Waals surface area contributed by atoms with Crippen LogP contribution < -0.4 is 5.32 Å². The van der Waals surface area contributed by atoms with Gasteiger partial charge in [-0.1, -0.05) is 6.07 Å². The van der Waals surface area contributed by atoms with Crippen LogP contribution in [0.4, 0.5) is 4.79 Å². The first-order chi connectivity index (χ1) is 10.9. The SMILES string of the molecule is CC(NC(=O)N1CCC(C)(C(=O)O)C1)c1ccc2ncsc2c1. The van der Waals surface area contributed by atoms with Crippen molar-refractivity contribution in [2.24, 2.45) is 5.41 Å². The minimum Gasteiger partial charge on any atom is -0.481 e. The molecule has 1 saturated heterocycles. The van der Waals surface area contributed by atoms with Gasteiger partial charge in [-0.25, -0.2) is 9.78 Å². The number of likely N-dealkylation sites (tertiary alicyclic amines) is 1. The van der Waals surface area contributed by atoms with E-state index in [0.717, 1.165) is 15.8 Å². The number of fused-ring (bicyclic) bond motifs is 1. The summed E-state index contributed by atoms with van der Waals surface area (Å²) in [5.74, 6) is -0.850. The molecule has 0 bridgehead atoms. The van der Waals surface area contributed by atoms with Crippen molar-refractivity contribution in [2.45, 2.75) is 26.3 Å². The van der Waals surface area contributed by atoms with Crippen molar-refractivity contribution >= 4 is 33.6 Å². The van der Waals surface area contributed by atoms with Gasteiger partial charge in [-0.3, -0.25) is 4.79 Å². The second-order valence-corrected chi connectivity index (χ2v) is 7.17. The maximum Gasteiger partial charge on any atom is 0.317 e. The molecule has 2 aromatic rings. The largest absolute Gasteiger partial charge is 0.481 e. The van der Waals surface area contributed by atoms with E-state index in [1.807, 2.05) is 25.1 Å². The first kappa shape index (κ1) is 15.7. The summed E-state index contributed by atoms with van der Waals surface area (Å²) in [6.45, 7) is 4.32. The first-order valence-corrected chi connectivity index (χ1v) is 8.39. The quantitative estimate of drug-likeness (QED) is 0.905. The highest BCUT2D eigenvalue weighted by molar-refractivity contribution is 7.16. The number of benzene rings is 1. The molecule has 2 unspecified atom stereocenters. The fourth-order valence-electron chi connectivity index (χ4n) is 2.81. The number of rotatable bonds is 3. The number of amides is 2. The van der Waals surface area contributed by atoms with Crippen molar-refractivity contribution in [1.82, 2.24) is 15.2 Å². The van der Waals surface area contributed by atoms with Gasteiger partial charge in [0, 0.05) is 13.1 Å². The van der Waals surface area contributed by atoms with Crippen LogP contribution in [-0.2, 0) is 4.79 Å². The molecule has 1 aromatic heterocycles. The summed E-state index contributed by atoms with van der Waals surface area (Å²) in [6, 6.07) is 5.57. The Morgan fingerprint density at radius 2 is 2.26 bits per heavy atom. The predicted molar refractivity (Wildman–Crippen MR) is 88.5 cm³/mol. The number of hydrogen-bond donors (Lipinski definition) is 2. The molecule has 1 fully saturated rings. The average molecular weight is 333 g/mol. The monoisotopic (exact) mass is 333 g/mol. The van der Waals surface area contributed by atoms with Crippen molar-refractivity contribution in [3.05, 3.63) is 29.3 Å². The molecule has 122 valence electrons. The van der Waals surface area contributed by atoms with Gasteiger partial charge in [0.1, 0.15) is 0 Å². The zero-order valence-electron chi connectivity index (χ0n) is 13.1. The Bertz CT molecular complexity index is 760. The van der Waals surface area contributed by atoms with E-state index in [-0.39, 0.29) is 18.6 Å². The fourth-order valence-corrected chi connectivity index (χ4v) is 3.54. The highest BCUT2D eigenvalue weighted by Crippen LogP contribution is 2.30. The predicted octanol–water partition coefficient (Wildman–Crippen LogP) is 2.86. The molecule has 2 amide bonds. The number of carboxylic acids is 1. The van der Waals surface area contributed by atoms with Gasteiger partial charge in [-0.2, -0.15) is 0 Å². The van der Waals surface area contributed by atoms with Gasteiger partial charge < -0.3 is 15.3 Å². The Labute approximate surface area is 138 Å². The average Bonchev–Trinajstić information content (AvgIpc) is 3.13. The third-order valence-electron chi connectivity index (χ3n) is 4.47. The second-order valence-electron chi connectivity index (χ2n) is 6.29. The summed E-state index contributed by atoms with van der Waals surface area (Å²) in [4.78, 5) is 29.5. The van der Waals surface area contributed by atoms with Crippen molar-refractivity contribution in [1.29, 1.82) is 0 Å². The molecule has 6 nitrogen and oxygen atoms in total. The van der Waals surface area contributed by atoms with E-state index < -0.39 is 11.4 Å². The third kappa shape index (κ3) is 3.01. The van der Waals surface area contributed by atoms with Crippen LogP contribution in [0, 0.1) is 5.41 Å². The van der Waals surface area contributed by atoms with Crippen molar-refractivity contribution in [3.8, 4) is 0 Å². The van der Waals surface area contributed by atoms with E-state index in [9.17, 15) is 14.7 Å². The maximum absolute atomic E-state index is 12.4. The van der Waals surface area contributed by atoms with E-state index in [1.54, 1.807) is 28.7 Å². The van der Waals surface area contributed by atoms with Crippen LogP contribution in [0.5, 0.6) is 0 Å². The Morgan fingerprint density at radius 3 is 2.96 bits per heavy atom. The summed E-state index contributed by atoms with van der Waals surface area (Å²) >= 11 is 1.57. The number of carboxylic acid groups (broad SMARTS) is 1. The zero-order valence-corrected chi connectivity index (χ0v) is 13.9. The summed E-state index contributed by atoms with van der Waals surface area (Å²) < 4.78 is 1.09. The number of urea groups is 1. The molecule has 2 heterocycles. The maximum atomic E-state index is 12.4. The van der Waals surface area contributed by atoms with Gasteiger partial charge in [0.2, 0.25) is 0 Å². The van der Waals surface area contributed by atoms with Gasteiger partial charge in [0.15, 0.2) is 0 Å². The van der Waals surface area contributed by atoms with Gasteiger partial charge >= 0.3 is 12.0 Å². The van der Waals surface area contributed by atoms with Crippen LogP contribution in [0.1, 0.15) is 31.9 Å². The lowest BCUT2D eigenvalue weighted by molar-refractivity contribution is -0.146.